The van der Waals surface area contributed by atoms with Crippen molar-refractivity contribution in [1.82, 2.24) is 4.90 Å². The second-order valence-electron chi connectivity index (χ2n) is 11.4. The molecule has 6 atom stereocenters. The molecule has 1 amide bonds. The number of piperidine rings is 1. The average molecular weight is 464 g/mol. The van der Waals surface area contributed by atoms with Gasteiger partial charge in [0.25, 0.3) is 0 Å². The molecule has 0 bridgehead atoms. The fourth-order valence-corrected chi connectivity index (χ4v) is 6.74. The van der Waals surface area contributed by atoms with Gasteiger partial charge >= 0.3 is 6.09 Å². The lowest BCUT2D eigenvalue weighted by Crippen LogP contribution is -2.56. The molecule has 7 heteroatoms. The van der Waals surface area contributed by atoms with E-state index < -0.39 is 0 Å². The van der Waals surface area contributed by atoms with E-state index in [1.165, 1.54) is 5.57 Å². The SMILES string of the molecule is CO[C@H]1C([C@@]2(C)O[C@@H]2CC=C(C)C)[C@]2(CC[C@H]1OC(=O)N1CCC3(CCOCC3)CC1)CO2. The Bertz CT molecular complexity index is 759. The van der Waals surface area contributed by atoms with Crippen molar-refractivity contribution in [3.63, 3.8) is 0 Å². The van der Waals surface area contributed by atoms with Crippen LogP contribution in [0.1, 0.15) is 65.7 Å². The highest BCUT2D eigenvalue weighted by Crippen LogP contribution is 2.59. The number of ether oxygens (including phenoxy) is 5. The Morgan fingerprint density at radius 3 is 2.42 bits per heavy atom. The zero-order valence-corrected chi connectivity index (χ0v) is 20.8. The Balaban J connectivity index is 1.23. The molecule has 0 aromatic heterocycles. The number of rotatable bonds is 5. The van der Waals surface area contributed by atoms with E-state index in [2.05, 4.69) is 26.8 Å². The largest absolute Gasteiger partial charge is 0.443 e. The molecule has 1 aliphatic carbocycles. The van der Waals surface area contributed by atoms with Gasteiger partial charge in [0, 0.05) is 33.4 Å². The van der Waals surface area contributed by atoms with Gasteiger partial charge in [0.15, 0.2) is 0 Å². The fraction of sp³-hybridized carbons (Fsp3) is 0.885. The van der Waals surface area contributed by atoms with Crippen molar-refractivity contribution in [1.29, 1.82) is 0 Å². The number of amides is 1. The molecular weight excluding hydrogens is 422 g/mol. The lowest BCUT2D eigenvalue weighted by atomic mass is 9.68. The Kier molecular flexibility index (Phi) is 6.30. The molecule has 186 valence electrons. The van der Waals surface area contributed by atoms with Gasteiger partial charge in [0.1, 0.15) is 23.4 Å². The van der Waals surface area contributed by atoms with E-state index in [4.69, 9.17) is 23.7 Å². The van der Waals surface area contributed by atoms with E-state index in [1.54, 1.807) is 7.11 Å². The number of epoxide rings is 2. The Morgan fingerprint density at radius 1 is 1.12 bits per heavy atom. The number of likely N-dealkylation sites (tertiary alicyclic amines) is 1. The van der Waals surface area contributed by atoms with Crippen LogP contribution in [0.4, 0.5) is 4.79 Å². The summed E-state index contributed by atoms with van der Waals surface area (Å²) in [5.74, 6) is 0.0592. The van der Waals surface area contributed by atoms with Crippen LogP contribution in [-0.2, 0) is 23.7 Å². The molecular formula is C26H41NO6. The smallest absolute Gasteiger partial charge is 0.410 e. The van der Waals surface area contributed by atoms with Crippen LogP contribution >= 0.6 is 0 Å². The minimum absolute atomic E-state index is 0.0592. The summed E-state index contributed by atoms with van der Waals surface area (Å²) in [7, 11) is 1.73. The van der Waals surface area contributed by atoms with Gasteiger partial charge in [-0.2, -0.15) is 0 Å². The third kappa shape index (κ3) is 4.46. The van der Waals surface area contributed by atoms with E-state index in [-0.39, 0.29) is 41.5 Å². The maximum atomic E-state index is 13.1. The van der Waals surface area contributed by atoms with Crippen LogP contribution in [0.3, 0.4) is 0 Å². The van der Waals surface area contributed by atoms with Crippen molar-refractivity contribution >= 4 is 6.09 Å². The van der Waals surface area contributed by atoms with Gasteiger partial charge in [0.2, 0.25) is 0 Å². The summed E-state index contributed by atoms with van der Waals surface area (Å²) in [6.07, 6.45) is 8.56. The molecule has 7 nitrogen and oxygen atoms in total. The molecule has 0 aromatic rings. The van der Waals surface area contributed by atoms with Crippen LogP contribution in [-0.4, -0.2) is 80.5 Å². The molecule has 4 heterocycles. The number of hydrogen-bond acceptors (Lipinski definition) is 6. The van der Waals surface area contributed by atoms with Crippen LogP contribution in [0.2, 0.25) is 0 Å². The van der Waals surface area contributed by atoms with Crippen LogP contribution < -0.4 is 0 Å². The second kappa shape index (κ2) is 8.81. The van der Waals surface area contributed by atoms with Crippen molar-refractivity contribution in [2.45, 2.75) is 95.2 Å². The third-order valence-corrected chi connectivity index (χ3v) is 9.13. The van der Waals surface area contributed by atoms with Crippen LogP contribution in [0.15, 0.2) is 11.6 Å². The Hall–Kier alpha value is -1.15. The fourth-order valence-electron chi connectivity index (χ4n) is 6.74. The maximum absolute atomic E-state index is 13.1. The van der Waals surface area contributed by atoms with Gasteiger partial charge < -0.3 is 28.6 Å². The summed E-state index contributed by atoms with van der Waals surface area (Å²) in [4.78, 5) is 15.0. The number of methoxy groups -OCH3 is 1. The minimum atomic E-state index is -0.311. The topological polar surface area (TPSA) is 73.1 Å². The van der Waals surface area contributed by atoms with Crippen LogP contribution in [0, 0.1) is 11.3 Å². The molecule has 5 aliphatic rings. The van der Waals surface area contributed by atoms with E-state index in [1.807, 2.05) is 4.90 Å². The molecule has 2 spiro atoms. The summed E-state index contributed by atoms with van der Waals surface area (Å²) in [5, 5.41) is 0. The summed E-state index contributed by atoms with van der Waals surface area (Å²) >= 11 is 0. The normalized spacial score (nSPS) is 41.6. The molecule has 1 saturated carbocycles. The van der Waals surface area contributed by atoms with Gasteiger partial charge in [-0.05, 0) is 71.1 Å². The van der Waals surface area contributed by atoms with E-state index in [0.29, 0.717) is 5.41 Å². The number of carbonyl (C=O) groups excluding carboxylic acids is 1. The third-order valence-electron chi connectivity index (χ3n) is 9.13. The lowest BCUT2D eigenvalue weighted by Gasteiger charge is -2.45. The first kappa shape index (κ1) is 23.6. The molecule has 5 rings (SSSR count). The first-order valence-electron chi connectivity index (χ1n) is 12.8. The highest BCUT2D eigenvalue weighted by molar-refractivity contribution is 5.68. The minimum Gasteiger partial charge on any atom is -0.443 e. The van der Waals surface area contributed by atoms with Gasteiger partial charge in [-0.15, -0.1) is 0 Å². The predicted octanol–water partition coefficient (Wildman–Crippen LogP) is 4.09. The molecule has 4 saturated heterocycles. The zero-order chi connectivity index (χ0) is 23.3. The summed E-state index contributed by atoms with van der Waals surface area (Å²) in [6.45, 7) is 10.4. The average Bonchev–Trinajstić information content (AvgIpc) is 3.72. The maximum Gasteiger partial charge on any atom is 0.410 e. The summed E-state index contributed by atoms with van der Waals surface area (Å²) in [6, 6.07) is 0. The van der Waals surface area contributed by atoms with Crippen LogP contribution in [0.25, 0.3) is 0 Å². The molecule has 1 unspecified atom stereocenters. The van der Waals surface area contributed by atoms with Crippen LogP contribution in [0.5, 0.6) is 0 Å². The number of hydrogen-bond donors (Lipinski definition) is 0. The highest BCUT2D eigenvalue weighted by atomic mass is 16.6. The summed E-state index contributed by atoms with van der Waals surface area (Å²) < 4.78 is 30.0. The van der Waals surface area contributed by atoms with Gasteiger partial charge in [-0.25, -0.2) is 4.79 Å². The van der Waals surface area contributed by atoms with Gasteiger partial charge in [-0.3, -0.25) is 0 Å². The van der Waals surface area contributed by atoms with Gasteiger partial charge in [-0.1, -0.05) is 11.6 Å². The zero-order valence-electron chi connectivity index (χ0n) is 20.8. The molecule has 4 aliphatic heterocycles. The van der Waals surface area contributed by atoms with Gasteiger partial charge in [0.05, 0.1) is 18.6 Å². The monoisotopic (exact) mass is 463 g/mol. The molecule has 0 N–H and O–H groups in total. The van der Waals surface area contributed by atoms with E-state index >= 15 is 0 Å². The Morgan fingerprint density at radius 2 is 1.82 bits per heavy atom. The standard InChI is InChI=1S/C26H41NO6/c1-18(2)5-6-20-24(3,33-20)22-21(29-4)19(7-8-26(22)17-31-26)32-23(28)27-13-9-25(10-14-27)11-15-30-16-12-25/h5,19-22H,6-17H2,1-4H3/t19-,20-,21-,22?,24+,26+/m1/s1. The van der Waals surface area contributed by atoms with Crippen molar-refractivity contribution in [3.8, 4) is 0 Å². The Labute approximate surface area is 198 Å². The first-order chi connectivity index (χ1) is 15.8. The predicted molar refractivity (Wildman–Crippen MR) is 123 cm³/mol. The highest BCUT2D eigenvalue weighted by Gasteiger charge is 2.72. The van der Waals surface area contributed by atoms with Crippen molar-refractivity contribution in [2.24, 2.45) is 11.3 Å². The van der Waals surface area contributed by atoms with E-state index in [9.17, 15) is 4.79 Å². The molecule has 0 radical (unpaired) electrons. The van der Waals surface area contributed by atoms with Crippen molar-refractivity contribution in [3.05, 3.63) is 11.6 Å². The molecule has 5 fully saturated rings. The number of nitrogens with zero attached hydrogens (tertiary/aromatic N) is 1. The number of allylic oxidation sites excluding steroid dienone is 1. The molecule has 33 heavy (non-hydrogen) atoms. The second-order valence-corrected chi connectivity index (χ2v) is 11.4. The lowest BCUT2D eigenvalue weighted by molar-refractivity contribution is -0.123. The quantitative estimate of drug-likeness (QED) is 0.452. The first-order valence-corrected chi connectivity index (χ1v) is 12.8. The molecule has 0 aromatic carbocycles. The van der Waals surface area contributed by atoms with Crippen molar-refractivity contribution in [2.75, 3.05) is 40.0 Å². The van der Waals surface area contributed by atoms with E-state index in [0.717, 1.165) is 77.9 Å². The van der Waals surface area contributed by atoms with Crippen molar-refractivity contribution < 1.29 is 28.5 Å². The summed E-state index contributed by atoms with van der Waals surface area (Å²) in [5.41, 5.74) is 1.15. The number of carbonyl (C=O) groups is 1.